The van der Waals surface area contributed by atoms with Gasteiger partial charge in [-0.1, -0.05) is 29.5 Å². The smallest absolute Gasteiger partial charge is 0.196 e. The molecule has 0 unspecified atom stereocenters. The third-order valence-electron chi connectivity index (χ3n) is 3.98. The molecule has 130 valence electrons. The maximum Gasteiger partial charge on any atom is 0.196 e. The first kappa shape index (κ1) is 16.7. The summed E-state index contributed by atoms with van der Waals surface area (Å²) in [5.74, 6) is 1.20. The van der Waals surface area contributed by atoms with Gasteiger partial charge in [0.05, 0.1) is 11.5 Å². The highest BCUT2D eigenvalue weighted by molar-refractivity contribution is 7.99. The lowest BCUT2D eigenvalue weighted by Crippen LogP contribution is -2.04. The fourth-order valence-corrected chi connectivity index (χ4v) is 3.54. The Bertz CT molecular complexity index is 1100. The number of rotatable bonds is 4. The van der Waals surface area contributed by atoms with Gasteiger partial charge in [-0.05, 0) is 44.2 Å². The van der Waals surface area contributed by atoms with Crippen molar-refractivity contribution in [3.05, 3.63) is 70.4 Å². The molecule has 0 saturated carbocycles. The average Bonchev–Trinajstić information content (AvgIpc) is 2.63. The maximum absolute atomic E-state index is 12.5. The van der Waals surface area contributed by atoms with Crippen LogP contribution < -0.4 is 10.2 Å². The van der Waals surface area contributed by atoms with Gasteiger partial charge in [0.1, 0.15) is 17.0 Å². The highest BCUT2D eigenvalue weighted by Gasteiger charge is 2.14. The average molecular weight is 363 g/mol. The van der Waals surface area contributed by atoms with Crippen molar-refractivity contribution in [2.24, 2.45) is 0 Å². The Hall–Kier alpha value is -2.79. The third-order valence-corrected chi connectivity index (χ3v) is 5.02. The van der Waals surface area contributed by atoms with Crippen molar-refractivity contribution in [2.45, 2.75) is 23.6 Å². The zero-order chi connectivity index (χ0) is 18.1. The molecule has 0 spiro atoms. The van der Waals surface area contributed by atoms with Crippen LogP contribution in [0.15, 0.2) is 73.6 Å². The molecule has 2 aromatic rings. The van der Waals surface area contributed by atoms with Crippen molar-refractivity contribution in [2.75, 3.05) is 6.61 Å². The minimum atomic E-state index is -0.0751. The second kappa shape index (κ2) is 6.84. The summed E-state index contributed by atoms with van der Waals surface area (Å²) >= 11 is 1.44. The third kappa shape index (κ3) is 3.30. The molecule has 2 aromatic carbocycles. The van der Waals surface area contributed by atoms with Crippen LogP contribution in [0.2, 0.25) is 0 Å². The molecule has 26 heavy (non-hydrogen) atoms. The SMILES string of the molecule is CCOc1ccc2nc3cc(Sc4ccc(C)cc4)c(=O)cc-3oc2c1. The van der Waals surface area contributed by atoms with E-state index in [-0.39, 0.29) is 5.43 Å². The normalized spacial score (nSPS) is 11.2. The molecule has 2 aliphatic rings. The van der Waals surface area contributed by atoms with Crippen LogP contribution in [0.5, 0.6) is 5.75 Å². The van der Waals surface area contributed by atoms with E-state index in [1.807, 2.05) is 50.2 Å². The molecule has 0 atom stereocenters. The van der Waals surface area contributed by atoms with Gasteiger partial charge in [0.25, 0.3) is 0 Å². The minimum Gasteiger partial charge on any atom is -0.494 e. The van der Waals surface area contributed by atoms with Crippen molar-refractivity contribution < 1.29 is 9.15 Å². The lowest BCUT2D eigenvalue weighted by atomic mass is 10.2. The summed E-state index contributed by atoms with van der Waals surface area (Å²) < 4.78 is 11.4. The summed E-state index contributed by atoms with van der Waals surface area (Å²) in [6.45, 7) is 4.55. The zero-order valence-corrected chi connectivity index (χ0v) is 15.3. The van der Waals surface area contributed by atoms with Gasteiger partial charge < -0.3 is 9.15 Å². The molecule has 4 rings (SSSR count). The Morgan fingerprint density at radius 1 is 1.08 bits per heavy atom. The van der Waals surface area contributed by atoms with Crippen molar-refractivity contribution in [1.82, 2.24) is 4.98 Å². The first-order chi connectivity index (χ1) is 12.6. The van der Waals surface area contributed by atoms with E-state index in [4.69, 9.17) is 9.15 Å². The molecular formula is C21H17NO3S. The molecule has 0 aromatic heterocycles. The van der Waals surface area contributed by atoms with Gasteiger partial charge in [-0.25, -0.2) is 4.98 Å². The van der Waals surface area contributed by atoms with Crippen molar-refractivity contribution in [3.63, 3.8) is 0 Å². The van der Waals surface area contributed by atoms with Gasteiger partial charge in [-0.15, -0.1) is 0 Å². The molecule has 4 nitrogen and oxygen atoms in total. The van der Waals surface area contributed by atoms with E-state index in [1.165, 1.54) is 23.4 Å². The number of aryl methyl sites for hydroxylation is 1. The Balaban J connectivity index is 1.77. The van der Waals surface area contributed by atoms with Gasteiger partial charge in [0.15, 0.2) is 16.8 Å². The van der Waals surface area contributed by atoms with Crippen LogP contribution in [-0.4, -0.2) is 11.6 Å². The molecule has 1 heterocycles. The summed E-state index contributed by atoms with van der Waals surface area (Å²) in [7, 11) is 0. The fourth-order valence-electron chi connectivity index (χ4n) is 2.69. The Morgan fingerprint density at radius 3 is 2.65 bits per heavy atom. The largest absolute Gasteiger partial charge is 0.494 e. The monoisotopic (exact) mass is 363 g/mol. The lowest BCUT2D eigenvalue weighted by Gasteiger charge is -2.09. The predicted octanol–water partition coefficient (Wildman–Crippen LogP) is 5.15. The van der Waals surface area contributed by atoms with E-state index in [0.29, 0.717) is 28.5 Å². The van der Waals surface area contributed by atoms with Crippen LogP contribution in [-0.2, 0) is 0 Å². The Labute approximate surface area is 155 Å². The molecule has 5 heteroatoms. The fraction of sp³-hybridized carbons (Fsp3) is 0.143. The van der Waals surface area contributed by atoms with E-state index in [1.54, 1.807) is 12.1 Å². The number of benzene rings is 3. The van der Waals surface area contributed by atoms with E-state index < -0.39 is 0 Å². The van der Waals surface area contributed by atoms with Gasteiger partial charge in [0, 0.05) is 17.0 Å². The molecule has 1 aliphatic carbocycles. The molecule has 0 N–H and O–H groups in total. The lowest BCUT2D eigenvalue weighted by molar-refractivity contribution is 0.340. The quantitative estimate of drug-likeness (QED) is 0.469. The summed E-state index contributed by atoms with van der Waals surface area (Å²) in [5.41, 5.74) is 3.10. The molecule has 0 amide bonds. The number of aromatic nitrogens is 1. The molecule has 0 bridgehead atoms. The van der Waals surface area contributed by atoms with Crippen LogP contribution >= 0.6 is 11.8 Å². The first-order valence-corrected chi connectivity index (χ1v) is 9.20. The van der Waals surface area contributed by atoms with Gasteiger partial charge in [-0.3, -0.25) is 4.79 Å². The van der Waals surface area contributed by atoms with Crippen LogP contribution in [0.25, 0.3) is 22.6 Å². The molecule has 0 fully saturated rings. The zero-order valence-electron chi connectivity index (χ0n) is 14.5. The summed E-state index contributed by atoms with van der Waals surface area (Å²) in [4.78, 5) is 18.8. The van der Waals surface area contributed by atoms with Crippen molar-refractivity contribution in [3.8, 4) is 17.2 Å². The molecule has 0 saturated heterocycles. The van der Waals surface area contributed by atoms with Crippen molar-refractivity contribution >= 4 is 22.9 Å². The minimum absolute atomic E-state index is 0.0751. The highest BCUT2D eigenvalue weighted by atomic mass is 32.2. The van der Waals surface area contributed by atoms with E-state index in [0.717, 1.165) is 16.2 Å². The summed E-state index contributed by atoms with van der Waals surface area (Å²) in [5, 5.41) is 0. The molecule has 1 aliphatic heterocycles. The van der Waals surface area contributed by atoms with E-state index in [2.05, 4.69) is 4.98 Å². The summed E-state index contributed by atoms with van der Waals surface area (Å²) in [6, 6.07) is 16.9. The highest BCUT2D eigenvalue weighted by Crippen LogP contribution is 2.31. The molecular weight excluding hydrogens is 346 g/mol. The van der Waals surface area contributed by atoms with Gasteiger partial charge in [0.2, 0.25) is 0 Å². The Kier molecular flexibility index (Phi) is 4.39. The standard InChI is InChI=1S/C21H17NO3S/c1-3-24-14-6-9-16-19(10-14)25-20-12-18(23)21(11-17(20)22-16)26-15-7-4-13(2)5-8-15/h4-12H,3H2,1-2H3. The van der Waals surface area contributed by atoms with Gasteiger partial charge >= 0.3 is 0 Å². The number of ether oxygens (including phenoxy) is 1. The van der Waals surface area contributed by atoms with Crippen LogP contribution in [0, 0.1) is 6.92 Å². The second-order valence-electron chi connectivity index (χ2n) is 5.96. The van der Waals surface area contributed by atoms with E-state index in [9.17, 15) is 4.79 Å². The molecule has 0 radical (unpaired) electrons. The topological polar surface area (TPSA) is 52.3 Å². The number of hydrogen-bond donors (Lipinski definition) is 0. The first-order valence-electron chi connectivity index (χ1n) is 8.38. The van der Waals surface area contributed by atoms with Crippen molar-refractivity contribution in [1.29, 1.82) is 0 Å². The summed E-state index contributed by atoms with van der Waals surface area (Å²) in [6.07, 6.45) is 0. The number of nitrogens with zero attached hydrogens (tertiary/aromatic N) is 1. The van der Waals surface area contributed by atoms with Crippen LogP contribution in [0.1, 0.15) is 12.5 Å². The van der Waals surface area contributed by atoms with E-state index >= 15 is 0 Å². The number of hydrogen-bond acceptors (Lipinski definition) is 5. The van der Waals surface area contributed by atoms with Gasteiger partial charge in [-0.2, -0.15) is 0 Å². The van der Waals surface area contributed by atoms with Crippen LogP contribution in [0.4, 0.5) is 0 Å². The Morgan fingerprint density at radius 2 is 1.88 bits per heavy atom. The maximum atomic E-state index is 12.5. The predicted molar refractivity (Wildman–Crippen MR) is 103 cm³/mol. The second-order valence-corrected chi connectivity index (χ2v) is 7.07. The van der Waals surface area contributed by atoms with Crippen LogP contribution in [0.3, 0.4) is 0 Å². The number of fused-ring (bicyclic) bond motifs is 2.